The Morgan fingerprint density at radius 1 is 1.29 bits per heavy atom. The van der Waals surface area contributed by atoms with Gasteiger partial charge in [-0.15, -0.1) is 0 Å². The second kappa shape index (κ2) is 7.18. The van der Waals surface area contributed by atoms with E-state index in [0.29, 0.717) is 19.4 Å². The van der Waals surface area contributed by atoms with Gasteiger partial charge in [-0.25, -0.2) is 0 Å². The third-order valence-corrected chi connectivity index (χ3v) is 5.66. The fourth-order valence-electron chi connectivity index (χ4n) is 3.30. The monoisotopic (exact) mass is 342 g/mol. The van der Waals surface area contributed by atoms with Crippen molar-refractivity contribution in [1.29, 1.82) is 0 Å². The number of nitrogens with one attached hydrogen (secondary N) is 1. The van der Waals surface area contributed by atoms with Crippen molar-refractivity contribution in [1.82, 2.24) is 10.2 Å². The highest BCUT2D eigenvalue weighted by Crippen LogP contribution is 2.35. The van der Waals surface area contributed by atoms with Crippen molar-refractivity contribution >= 4 is 23.2 Å². The lowest BCUT2D eigenvalue weighted by atomic mass is 9.84. The molecular formula is C19H22N2O2S. The predicted molar refractivity (Wildman–Crippen MR) is 95.6 cm³/mol. The van der Waals surface area contributed by atoms with Crippen LogP contribution in [-0.2, 0) is 16.1 Å². The van der Waals surface area contributed by atoms with E-state index in [1.165, 1.54) is 5.56 Å². The van der Waals surface area contributed by atoms with E-state index >= 15 is 0 Å². The largest absolute Gasteiger partial charge is 0.352 e. The lowest BCUT2D eigenvalue weighted by molar-refractivity contribution is -0.141. The minimum atomic E-state index is -0.214. The second-order valence-electron chi connectivity index (χ2n) is 6.30. The van der Waals surface area contributed by atoms with Gasteiger partial charge in [0.1, 0.15) is 0 Å². The third kappa shape index (κ3) is 3.36. The van der Waals surface area contributed by atoms with Crippen LogP contribution < -0.4 is 5.32 Å². The molecule has 1 aromatic heterocycles. The predicted octanol–water partition coefficient (Wildman–Crippen LogP) is 3.28. The minimum Gasteiger partial charge on any atom is -0.352 e. The molecule has 24 heavy (non-hydrogen) atoms. The molecule has 0 spiro atoms. The number of hydrogen-bond donors (Lipinski definition) is 1. The van der Waals surface area contributed by atoms with Crippen LogP contribution in [0.3, 0.4) is 0 Å². The van der Waals surface area contributed by atoms with E-state index in [-0.39, 0.29) is 23.8 Å². The van der Waals surface area contributed by atoms with Gasteiger partial charge in [0, 0.05) is 20.0 Å². The summed E-state index contributed by atoms with van der Waals surface area (Å²) < 4.78 is 0. The van der Waals surface area contributed by atoms with E-state index in [0.717, 1.165) is 11.1 Å². The van der Waals surface area contributed by atoms with Crippen molar-refractivity contribution in [2.75, 3.05) is 7.05 Å². The summed E-state index contributed by atoms with van der Waals surface area (Å²) in [6.45, 7) is 2.60. The summed E-state index contributed by atoms with van der Waals surface area (Å²) >= 11 is 1.65. The maximum atomic E-state index is 12.8. The molecule has 2 aromatic rings. The molecule has 1 saturated heterocycles. The van der Waals surface area contributed by atoms with Crippen molar-refractivity contribution in [2.24, 2.45) is 5.92 Å². The Hall–Kier alpha value is -2.14. The summed E-state index contributed by atoms with van der Waals surface area (Å²) in [6.07, 6.45) is 1.02. The van der Waals surface area contributed by atoms with Gasteiger partial charge in [-0.3, -0.25) is 9.59 Å². The molecule has 3 rings (SSSR count). The molecule has 4 nitrogen and oxygen atoms in total. The first-order chi connectivity index (χ1) is 11.6. The summed E-state index contributed by atoms with van der Waals surface area (Å²) in [7, 11) is 1.79. The van der Waals surface area contributed by atoms with Crippen LogP contribution in [0.5, 0.6) is 0 Å². The quantitative estimate of drug-likeness (QED) is 0.927. The maximum Gasteiger partial charge on any atom is 0.225 e. The fourth-order valence-corrected chi connectivity index (χ4v) is 4.16. The number of rotatable bonds is 4. The number of hydrogen-bond acceptors (Lipinski definition) is 3. The Labute approximate surface area is 146 Å². The SMILES string of the molecule is Cc1cscc1CNC(=O)[C@@H]1CCC(=O)N(C)[C@H]1c1ccccc1. The van der Waals surface area contributed by atoms with Crippen LogP contribution in [0, 0.1) is 12.8 Å². The Bertz CT molecular complexity index is 726. The molecule has 0 unspecified atom stereocenters. The molecule has 1 aliphatic heterocycles. The summed E-state index contributed by atoms with van der Waals surface area (Å²) in [4.78, 5) is 26.6. The summed E-state index contributed by atoms with van der Waals surface area (Å²) in [5.41, 5.74) is 3.38. The normalized spacial score (nSPS) is 20.9. The molecule has 2 heterocycles. The number of benzene rings is 1. The van der Waals surface area contributed by atoms with Gasteiger partial charge in [-0.05, 0) is 40.8 Å². The van der Waals surface area contributed by atoms with Gasteiger partial charge < -0.3 is 10.2 Å². The summed E-state index contributed by atoms with van der Waals surface area (Å²) in [5, 5.41) is 7.22. The molecule has 1 N–H and O–H groups in total. The first kappa shape index (κ1) is 16.7. The van der Waals surface area contributed by atoms with Crippen LogP contribution in [0.25, 0.3) is 0 Å². The number of thiophene rings is 1. The van der Waals surface area contributed by atoms with Gasteiger partial charge in [-0.1, -0.05) is 30.3 Å². The molecule has 0 radical (unpaired) electrons. The third-order valence-electron chi connectivity index (χ3n) is 4.75. The summed E-state index contributed by atoms with van der Waals surface area (Å²) in [5.74, 6) is -0.0931. The zero-order valence-corrected chi connectivity index (χ0v) is 14.8. The van der Waals surface area contributed by atoms with E-state index in [1.54, 1.807) is 23.3 Å². The standard InChI is InChI=1S/C19H22N2O2S/c1-13-11-24-12-15(13)10-20-19(23)16-8-9-17(22)21(2)18(16)14-6-4-3-5-7-14/h3-7,11-12,16,18H,8-10H2,1-2H3,(H,20,23)/t16-,18+/m1/s1. The Morgan fingerprint density at radius 3 is 2.71 bits per heavy atom. The van der Waals surface area contributed by atoms with Gasteiger partial charge in [0.2, 0.25) is 11.8 Å². The average molecular weight is 342 g/mol. The number of aryl methyl sites for hydroxylation is 1. The van der Waals surface area contributed by atoms with E-state index in [2.05, 4.69) is 23.0 Å². The molecule has 126 valence electrons. The lowest BCUT2D eigenvalue weighted by Crippen LogP contribution is -2.46. The van der Waals surface area contributed by atoms with Gasteiger partial charge in [0.05, 0.1) is 12.0 Å². The molecule has 2 amide bonds. The average Bonchev–Trinajstić information content (AvgIpc) is 3.01. The molecule has 5 heteroatoms. The zero-order valence-electron chi connectivity index (χ0n) is 14.0. The Kier molecular flexibility index (Phi) is 5.00. The zero-order chi connectivity index (χ0) is 17.1. The van der Waals surface area contributed by atoms with Crippen molar-refractivity contribution < 1.29 is 9.59 Å². The number of likely N-dealkylation sites (tertiary alicyclic amines) is 1. The number of carbonyl (C=O) groups is 2. The Balaban J connectivity index is 1.77. The number of carbonyl (C=O) groups excluding carboxylic acids is 2. The highest BCUT2D eigenvalue weighted by molar-refractivity contribution is 7.08. The van der Waals surface area contributed by atoms with E-state index in [9.17, 15) is 9.59 Å². The van der Waals surface area contributed by atoms with Gasteiger partial charge in [-0.2, -0.15) is 11.3 Å². The summed E-state index contributed by atoms with van der Waals surface area (Å²) in [6, 6.07) is 9.63. The van der Waals surface area contributed by atoms with Crippen molar-refractivity contribution in [2.45, 2.75) is 32.4 Å². The van der Waals surface area contributed by atoms with E-state index in [1.807, 2.05) is 30.3 Å². The first-order valence-corrected chi connectivity index (χ1v) is 9.12. The molecule has 1 fully saturated rings. The van der Waals surface area contributed by atoms with Crippen molar-refractivity contribution in [3.8, 4) is 0 Å². The van der Waals surface area contributed by atoms with Crippen LogP contribution in [0.15, 0.2) is 41.1 Å². The molecule has 2 atom stereocenters. The molecule has 1 aromatic carbocycles. The van der Waals surface area contributed by atoms with E-state index in [4.69, 9.17) is 0 Å². The number of piperidine rings is 1. The number of amides is 2. The van der Waals surface area contributed by atoms with Crippen LogP contribution in [0.1, 0.15) is 35.6 Å². The fraction of sp³-hybridized carbons (Fsp3) is 0.368. The smallest absolute Gasteiger partial charge is 0.225 e. The van der Waals surface area contributed by atoms with Crippen molar-refractivity contribution in [3.63, 3.8) is 0 Å². The maximum absolute atomic E-state index is 12.8. The highest BCUT2D eigenvalue weighted by Gasteiger charge is 2.38. The molecular weight excluding hydrogens is 320 g/mol. The van der Waals surface area contributed by atoms with Crippen LogP contribution in [0.2, 0.25) is 0 Å². The van der Waals surface area contributed by atoms with Crippen LogP contribution >= 0.6 is 11.3 Å². The first-order valence-electron chi connectivity index (χ1n) is 8.18. The topological polar surface area (TPSA) is 49.4 Å². The van der Waals surface area contributed by atoms with Gasteiger partial charge >= 0.3 is 0 Å². The van der Waals surface area contributed by atoms with Crippen LogP contribution in [0.4, 0.5) is 0 Å². The molecule has 0 bridgehead atoms. The van der Waals surface area contributed by atoms with Crippen molar-refractivity contribution in [3.05, 3.63) is 57.8 Å². The minimum absolute atomic E-state index is 0.0220. The molecule has 1 aliphatic rings. The van der Waals surface area contributed by atoms with E-state index < -0.39 is 0 Å². The lowest BCUT2D eigenvalue weighted by Gasteiger charge is -2.38. The van der Waals surface area contributed by atoms with Crippen LogP contribution in [-0.4, -0.2) is 23.8 Å². The highest BCUT2D eigenvalue weighted by atomic mass is 32.1. The van der Waals surface area contributed by atoms with Gasteiger partial charge in [0.25, 0.3) is 0 Å². The van der Waals surface area contributed by atoms with Gasteiger partial charge in [0.15, 0.2) is 0 Å². The second-order valence-corrected chi connectivity index (χ2v) is 7.05. The molecule has 0 saturated carbocycles. The molecule has 0 aliphatic carbocycles. The number of nitrogens with zero attached hydrogens (tertiary/aromatic N) is 1. The Morgan fingerprint density at radius 2 is 2.04 bits per heavy atom.